The lowest BCUT2D eigenvalue weighted by Crippen LogP contribution is -2.41. The Balaban J connectivity index is 5.02. The number of hydrogen-bond donors (Lipinski definition) is 0. The molecule has 0 aromatic rings. The van der Waals surface area contributed by atoms with Gasteiger partial charge in [0.2, 0.25) is 0 Å². The van der Waals surface area contributed by atoms with Gasteiger partial charge >= 0.3 is 17.9 Å². The molecule has 0 aromatic carbocycles. The number of rotatable bonds is 19. The average Bonchev–Trinajstić information content (AvgIpc) is 2.83. The molecule has 3 unspecified atom stereocenters. The highest BCUT2D eigenvalue weighted by Crippen LogP contribution is 2.26. The summed E-state index contributed by atoms with van der Waals surface area (Å²) >= 11 is 0. The highest BCUT2D eigenvalue weighted by molar-refractivity contribution is 5.81. The average molecular weight is 471 g/mol. The van der Waals surface area contributed by atoms with E-state index in [4.69, 9.17) is 28.4 Å². The van der Waals surface area contributed by atoms with E-state index >= 15 is 0 Å². The fourth-order valence-corrected chi connectivity index (χ4v) is 2.31. The molecule has 0 amide bonds. The molecule has 0 saturated carbocycles. The Hall–Kier alpha value is -2.49. The van der Waals surface area contributed by atoms with Gasteiger partial charge in [-0.15, -0.1) is 0 Å². The van der Waals surface area contributed by atoms with Gasteiger partial charge in [0.15, 0.2) is 0 Å². The zero-order chi connectivity index (χ0) is 25.3. The van der Waals surface area contributed by atoms with E-state index in [-0.39, 0.29) is 58.0 Å². The Morgan fingerprint density at radius 3 is 1.15 bits per heavy atom. The van der Waals surface area contributed by atoms with Gasteiger partial charge in [0.1, 0.15) is 19.8 Å². The minimum atomic E-state index is -0.551. The van der Waals surface area contributed by atoms with E-state index in [1.54, 1.807) is 20.8 Å². The van der Waals surface area contributed by atoms with Crippen molar-refractivity contribution in [1.82, 2.24) is 0 Å². The van der Waals surface area contributed by atoms with Gasteiger partial charge in [-0.2, -0.15) is 0 Å². The Labute approximate surface area is 196 Å². The zero-order valence-electron chi connectivity index (χ0n) is 20.2. The summed E-state index contributed by atoms with van der Waals surface area (Å²) in [5.74, 6) is -1.57. The molecule has 0 aliphatic rings. The molecule has 0 radical (unpaired) electrons. The molecule has 0 heterocycles. The minimum absolute atomic E-state index is 0.0776. The SMILES string of the molecule is C=CC(=O)OCC(C)OCC(CC)(COC(C)COC(=O)C=C)COC(C)COC(=O)C=C. The van der Waals surface area contributed by atoms with Gasteiger partial charge in [-0.3, -0.25) is 0 Å². The number of ether oxygens (including phenoxy) is 6. The lowest BCUT2D eigenvalue weighted by atomic mass is 9.87. The van der Waals surface area contributed by atoms with Crippen LogP contribution in [0.1, 0.15) is 34.1 Å². The van der Waals surface area contributed by atoms with Crippen molar-refractivity contribution in [3.8, 4) is 0 Å². The van der Waals surface area contributed by atoms with Crippen LogP contribution in [0.2, 0.25) is 0 Å². The molecule has 0 aromatic heterocycles. The van der Waals surface area contributed by atoms with Crippen LogP contribution >= 0.6 is 0 Å². The van der Waals surface area contributed by atoms with Crippen LogP contribution in [0.3, 0.4) is 0 Å². The number of carbonyl (C=O) groups excluding carboxylic acids is 3. The predicted octanol–water partition coefficient (Wildman–Crippen LogP) is 2.79. The van der Waals surface area contributed by atoms with E-state index in [9.17, 15) is 14.4 Å². The molecule has 9 nitrogen and oxygen atoms in total. The first-order valence-corrected chi connectivity index (χ1v) is 10.8. The molecule has 0 bridgehead atoms. The lowest BCUT2D eigenvalue weighted by Gasteiger charge is -2.35. The Morgan fingerprint density at radius 2 is 0.939 bits per heavy atom. The Kier molecular flexibility index (Phi) is 15.8. The fraction of sp³-hybridized carbons (Fsp3) is 0.625. The quantitative estimate of drug-likeness (QED) is 0.160. The molecule has 0 saturated heterocycles. The van der Waals surface area contributed by atoms with Crippen molar-refractivity contribution in [3.63, 3.8) is 0 Å². The molecule has 9 heteroatoms. The van der Waals surface area contributed by atoms with Crippen LogP contribution in [-0.4, -0.2) is 75.9 Å². The molecular weight excluding hydrogens is 432 g/mol. The van der Waals surface area contributed by atoms with Gasteiger partial charge in [0.05, 0.1) is 38.1 Å². The van der Waals surface area contributed by atoms with Crippen LogP contribution in [0.15, 0.2) is 38.0 Å². The maximum atomic E-state index is 11.3. The van der Waals surface area contributed by atoms with Gasteiger partial charge in [0.25, 0.3) is 0 Å². The molecule has 0 N–H and O–H groups in total. The van der Waals surface area contributed by atoms with Crippen LogP contribution in [0, 0.1) is 5.41 Å². The van der Waals surface area contributed by atoms with Gasteiger partial charge in [0, 0.05) is 23.6 Å². The van der Waals surface area contributed by atoms with Gasteiger partial charge in [-0.25, -0.2) is 14.4 Å². The van der Waals surface area contributed by atoms with E-state index in [1.165, 1.54) is 0 Å². The van der Waals surface area contributed by atoms with Gasteiger partial charge in [-0.1, -0.05) is 26.7 Å². The largest absolute Gasteiger partial charge is 0.460 e. The molecule has 33 heavy (non-hydrogen) atoms. The monoisotopic (exact) mass is 470 g/mol. The highest BCUT2D eigenvalue weighted by atomic mass is 16.6. The van der Waals surface area contributed by atoms with Crippen molar-refractivity contribution in [2.75, 3.05) is 39.6 Å². The third-order valence-electron chi connectivity index (χ3n) is 4.65. The molecule has 3 atom stereocenters. The van der Waals surface area contributed by atoms with E-state index in [2.05, 4.69) is 19.7 Å². The zero-order valence-corrected chi connectivity index (χ0v) is 20.2. The minimum Gasteiger partial charge on any atom is -0.460 e. The van der Waals surface area contributed by atoms with E-state index in [1.807, 2.05) is 6.92 Å². The highest BCUT2D eigenvalue weighted by Gasteiger charge is 2.32. The molecule has 0 rings (SSSR count). The van der Waals surface area contributed by atoms with Crippen LogP contribution in [0.25, 0.3) is 0 Å². The molecule has 0 spiro atoms. The summed E-state index contributed by atoms with van der Waals surface area (Å²) in [5, 5.41) is 0. The predicted molar refractivity (Wildman–Crippen MR) is 122 cm³/mol. The number of carbonyl (C=O) groups is 3. The summed E-state index contributed by atoms with van der Waals surface area (Å²) < 4.78 is 32.8. The van der Waals surface area contributed by atoms with Crippen LogP contribution < -0.4 is 0 Å². The second kappa shape index (κ2) is 17.0. The molecule has 0 aliphatic heterocycles. The third kappa shape index (κ3) is 14.3. The molecule has 188 valence electrons. The topological polar surface area (TPSA) is 107 Å². The van der Waals surface area contributed by atoms with Crippen molar-refractivity contribution in [2.45, 2.75) is 52.4 Å². The second-order valence-corrected chi connectivity index (χ2v) is 7.72. The fourth-order valence-electron chi connectivity index (χ4n) is 2.31. The summed E-state index contributed by atoms with van der Waals surface area (Å²) in [6.07, 6.45) is 2.82. The van der Waals surface area contributed by atoms with Crippen LogP contribution in [0.5, 0.6) is 0 Å². The number of hydrogen-bond acceptors (Lipinski definition) is 9. The van der Waals surface area contributed by atoms with Crippen molar-refractivity contribution < 1.29 is 42.8 Å². The summed E-state index contributed by atoms with van der Waals surface area (Å²) in [6.45, 7) is 18.4. The molecule has 0 fully saturated rings. The first-order valence-electron chi connectivity index (χ1n) is 10.8. The summed E-state index contributed by atoms with van der Waals surface area (Å²) in [4.78, 5) is 33.8. The van der Waals surface area contributed by atoms with Gasteiger partial charge in [-0.05, 0) is 27.2 Å². The van der Waals surface area contributed by atoms with Crippen molar-refractivity contribution in [2.24, 2.45) is 5.41 Å². The van der Waals surface area contributed by atoms with Crippen molar-refractivity contribution in [1.29, 1.82) is 0 Å². The first-order chi connectivity index (χ1) is 15.6. The van der Waals surface area contributed by atoms with E-state index in [0.29, 0.717) is 6.42 Å². The molecular formula is C24H38O9. The van der Waals surface area contributed by atoms with Crippen molar-refractivity contribution in [3.05, 3.63) is 38.0 Å². The maximum absolute atomic E-state index is 11.3. The third-order valence-corrected chi connectivity index (χ3v) is 4.65. The summed E-state index contributed by atoms with van der Waals surface area (Å²) in [6, 6.07) is 0. The smallest absolute Gasteiger partial charge is 0.330 e. The Bertz CT molecular complexity index is 560. The lowest BCUT2D eigenvalue weighted by molar-refractivity contribution is -0.152. The number of esters is 3. The van der Waals surface area contributed by atoms with Gasteiger partial charge < -0.3 is 28.4 Å². The van der Waals surface area contributed by atoms with Crippen LogP contribution in [0.4, 0.5) is 0 Å². The van der Waals surface area contributed by atoms with Crippen LogP contribution in [-0.2, 0) is 42.8 Å². The standard InChI is InChI=1S/C24H38O9/c1-8-21(25)28-12-18(5)31-15-24(11-4,16-32-19(6)13-29-22(26)9-2)17-33-20(7)14-30-23(27)10-3/h8-10,18-20H,1-3,11-17H2,4-7H3. The second-order valence-electron chi connectivity index (χ2n) is 7.72. The first kappa shape index (κ1) is 30.5. The summed E-state index contributed by atoms with van der Waals surface area (Å²) in [7, 11) is 0. The summed E-state index contributed by atoms with van der Waals surface area (Å²) in [5.41, 5.74) is -0.551. The maximum Gasteiger partial charge on any atom is 0.330 e. The van der Waals surface area contributed by atoms with E-state index in [0.717, 1.165) is 18.2 Å². The van der Waals surface area contributed by atoms with E-state index < -0.39 is 23.3 Å². The molecule has 0 aliphatic carbocycles. The van der Waals surface area contributed by atoms with Crippen molar-refractivity contribution >= 4 is 17.9 Å². The Morgan fingerprint density at radius 1 is 0.667 bits per heavy atom. The normalized spacial score (nSPS) is 15.3.